The molecule has 0 aliphatic heterocycles. The third-order valence-electron chi connectivity index (χ3n) is 3.25. The van der Waals surface area contributed by atoms with E-state index in [0.717, 1.165) is 5.56 Å². The lowest BCUT2D eigenvalue weighted by Gasteiger charge is -2.12. The molecule has 0 aromatic heterocycles. The Balaban J connectivity index is 2.02. The highest BCUT2D eigenvalue weighted by molar-refractivity contribution is 5.99. The number of ether oxygens (including phenoxy) is 2. The van der Waals surface area contributed by atoms with Crippen LogP contribution in [-0.2, 0) is 0 Å². The highest BCUT2D eigenvalue weighted by Gasteiger charge is 2.15. The number of rotatable bonds is 5. The maximum atomic E-state index is 12.3. The molecule has 0 spiro atoms. The lowest BCUT2D eigenvalue weighted by Crippen LogP contribution is -2.41. The van der Waals surface area contributed by atoms with Crippen LogP contribution >= 0.6 is 0 Å². The molecule has 0 bridgehead atoms. The molecule has 0 aliphatic rings. The summed E-state index contributed by atoms with van der Waals surface area (Å²) in [5.74, 6) is -1.35. The average molecular weight is 350 g/mol. The second-order valence-electron chi connectivity index (χ2n) is 5.02. The summed E-state index contributed by atoms with van der Waals surface area (Å²) in [4.78, 5) is 24.0. The molecule has 0 fully saturated rings. The van der Waals surface area contributed by atoms with Crippen LogP contribution in [0.4, 0.5) is 8.78 Å². The summed E-state index contributed by atoms with van der Waals surface area (Å²) in [7, 11) is 1.26. The van der Waals surface area contributed by atoms with E-state index in [2.05, 4.69) is 15.6 Å². The summed E-state index contributed by atoms with van der Waals surface area (Å²) in [6.45, 7) is -1.12. The summed E-state index contributed by atoms with van der Waals surface area (Å²) in [5.41, 5.74) is 5.99. The molecule has 2 rings (SSSR count). The van der Waals surface area contributed by atoms with E-state index in [4.69, 9.17) is 4.74 Å². The largest absolute Gasteiger partial charge is 0.493 e. The maximum absolute atomic E-state index is 12.3. The minimum atomic E-state index is -3.01. The van der Waals surface area contributed by atoms with E-state index in [1.165, 1.54) is 25.3 Å². The fourth-order valence-corrected chi connectivity index (χ4v) is 1.96. The van der Waals surface area contributed by atoms with Crippen molar-refractivity contribution in [3.8, 4) is 11.5 Å². The van der Waals surface area contributed by atoms with Crippen molar-refractivity contribution in [3.63, 3.8) is 0 Å². The average Bonchev–Trinajstić information content (AvgIpc) is 2.59. The number of carbonyl (C=O) groups is 2. The molecule has 6 nitrogen and oxygen atoms in total. The first-order valence-corrected chi connectivity index (χ1v) is 7.21. The minimum Gasteiger partial charge on any atom is -0.493 e. The van der Waals surface area contributed by atoms with Crippen LogP contribution < -0.4 is 20.3 Å². The van der Waals surface area contributed by atoms with Crippen LogP contribution in [0.1, 0.15) is 26.3 Å². The highest BCUT2D eigenvalue weighted by Crippen LogP contribution is 2.29. The van der Waals surface area contributed by atoms with Gasteiger partial charge in [-0.25, -0.2) is 0 Å². The SMILES string of the molecule is COc1cc(C(=O)NNC(=O)c2ccc(C)cc2)ccc1OC(F)F. The van der Waals surface area contributed by atoms with Crippen LogP contribution in [0, 0.1) is 6.92 Å². The Morgan fingerprint density at radius 3 is 2.04 bits per heavy atom. The van der Waals surface area contributed by atoms with Crippen molar-refractivity contribution >= 4 is 11.8 Å². The number of alkyl halides is 2. The summed E-state index contributed by atoms with van der Waals surface area (Å²) in [6.07, 6.45) is 0. The number of halogens is 2. The Kier molecular flexibility index (Phi) is 5.89. The van der Waals surface area contributed by atoms with Crippen molar-refractivity contribution in [2.24, 2.45) is 0 Å². The Morgan fingerprint density at radius 2 is 1.48 bits per heavy atom. The zero-order valence-corrected chi connectivity index (χ0v) is 13.5. The second-order valence-corrected chi connectivity index (χ2v) is 5.02. The first-order valence-electron chi connectivity index (χ1n) is 7.21. The molecular formula is C17H16F2N2O4. The number of amides is 2. The molecule has 132 valence electrons. The summed E-state index contributed by atoms with van der Waals surface area (Å²) >= 11 is 0. The lowest BCUT2D eigenvalue weighted by molar-refractivity contribution is -0.0512. The second kappa shape index (κ2) is 8.09. The van der Waals surface area contributed by atoms with E-state index in [-0.39, 0.29) is 17.1 Å². The van der Waals surface area contributed by atoms with Crippen LogP contribution in [-0.4, -0.2) is 25.5 Å². The van der Waals surface area contributed by atoms with Gasteiger partial charge in [0.15, 0.2) is 11.5 Å². The van der Waals surface area contributed by atoms with Gasteiger partial charge in [-0.1, -0.05) is 17.7 Å². The van der Waals surface area contributed by atoms with Crippen molar-refractivity contribution in [3.05, 3.63) is 59.2 Å². The molecule has 2 N–H and O–H groups in total. The van der Waals surface area contributed by atoms with Gasteiger partial charge in [0.05, 0.1) is 7.11 Å². The predicted octanol–water partition coefficient (Wildman–Crippen LogP) is 2.68. The van der Waals surface area contributed by atoms with E-state index in [9.17, 15) is 18.4 Å². The van der Waals surface area contributed by atoms with Crippen molar-refractivity contribution in [2.45, 2.75) is 13.5 Å². The zero-order chi connectivity index (χ0) is 18.4. The standard InChI is InChI=1S/C17H16F2N2O4/c1-10-3-5-11(6-4-10)15(22)20-21-16(23)12-7-8-13(25-17(18)19)14(9-12)24-2/h3-9,17H,1-2H3,(H,20,22)(H,21,23). The minimum absolute atomic E-state index is 0.0298. The van der Waals surface area contributed by atoms with Crippen LogP contribution in [0.2, 0.25) is 0 Å². The van der Waals surface area contributed by atoms with E-state index in [1.54, 1.807) is 24.3 Å². The van der Waals surface area contributed by atoms with Crippen LogP contribution in [0.15, 0.2) is 42.5 Å². The quantitative estimate of drug-likeness (QED) is 0.813. The van der Waals surface area contributed by atoms with Crippen molar-refractivity contribution in [1.82, 2.24) is 10.9 Å². The predicted molar refractivity (Wildman–Crippen MR) is 85.7 cm³/mol. The Labute approximate surface area is 142 Å². The van der Waals surface area contributed by atoms with Crippen molar-refractivity contribution < 1.29 is 27.8 Å². The van der Waals surface area contributed by atoms with Gasteiger partial charge in [0, 0.05) is 11.1 Å². The molecule has 8 heteroatoms. The van der Waals surface area contributed by atoms with E-state index in [0.29, 0.717) is 5.56 Å². The Bertz CT molecular complexity index is 764. The third-order valence-corrected chi connectivity index (χ3v) is 3.25. The van der Waals surface area contributed by atoms with Gasteiger partial charge < -0.3 is 9.47 Å². The number of hydrogen-bond acceptors (Lipinski definition) is 4. The van der Waals surface area contributed by atoms with Crippen LogP contribution in [0.25, 0.3) is 0 Å². The topological polar surface area (TPSA) is 76.7 Å². The van der Waals surface area contributed by atoms with E-state index >= 15 is 0 Å². The molecule has 0 aliphatic carbocycles. The third kappa shape index (κ3) is 4.90. The fraction of sp³-hybridized carbons (Fsp3) is 0.176. The van der Waals surface area contributed by atoms with Gasteiger partial charge >= 0.3 is 6.61 Å². The van der Waals surface area contributed by atoms with Gasteiger partial charge in [-0.2, -0.15) is 8.78 Å². The molecule has 0 unspecified atom stereocenters. The van der Waals surface area contributed by atoms with Gasteiger partial charge in [0.1, 0.15) is 0 Å². The number of carbonyl (C=O) groups excluding carboxylic acids is 2. The first kappa shape index (κ1) is 18.2. The molecule has 0 atom stereocenters. The summed E-state index contributed by atoms with van der Waals surface area (Å²) in [6, 6.07) is 10.5. The van der Waals surface area contributed by atoms with E-state index in [1.807, 2.05) is 6.92 Å². The number of hydrogen-bond donors (Lipinski definition) is 2. The molecular weight excluding hydrogens is 334 g/mol. The number of aryl methyl sites for hydroxylation is 1. The molecule has 0 saturated heterocycles. The summed E-state index contributed by atoms with van der Waals surface area (Å²) in [5, 5.41) is 0. The monoisotopic (exact) mass is 350 g/mol. The molecule has 0 heterocycles. The number of methoxy groups -OCH3 is 1. The van der Waals surface area contributed by atoms with Gasteiger partial charge in [-0.3, -0.25) is 20.4 Å². The number of benzene rings is 2. The van der Waals surface area contributed by atoms with Crippen LogP contribution in [0.5, 0.6) is 11.5 Å². The molecule has 0 saturated carbocycles. The highest BCUT2D eigenvalue weighted by atomic mass is 19.3. The fourth-order valence-electron chi connectivity index (χ4n) is 1.96. The van der Waals surface area contributed by atoms with Crippen molar-refractivity contribution in [1.29, 1.82) is 0 Å². The van der Waals surface area contributed by atoms with Crippen molar-refractivity contribution in [2.75, 3.05) is 7.11 Å². The molecule has 2 aromatic carbocycles. The molecule has 0 radical (unpaired) electrons. The summed E-state index contributed by atoms with van der Waals surface area (Å²) < 4.78 is 33.8. The number of hydrazine groups is 1. The van der Waals surface area contributed by atoms with E-state index < -0.39 is 18.4 Å². The Hall–Kier alpha value is -3.16. The Morgan fingerprint density at radius 1 is 0.920 bits per heavy atom. The van der Waals surface area contributed by atoms with Gasteiger partial charge in [0.25, 0.3) is 11.8 Å². The molecule has 25 heavy (non-hydrogen) atoms. The van der Waals surface area contributed by atoms with Gasteiger partial charge in [-0.05, 0) is 37.3 Å². The normalized spacial score (nSPS) is 10.3. The van der Waals surface area contributed by atoms with Gasteiger partial charge in [-0.15, -0.1) is 0 Å². The maximum Gasteiger partial charge on any atom is 0.387 e. The zero-order valence-electron chi connectivity index (χ0n) is 13.5. The lowest BCUT2D eigenvalue weighted by atomic mass is 10.1. The first-order chi connectivity index (χ1) is 11.9. The van der Waals surface area contributed by atoms with Crippen LogP contribution in [0.3, 0.4) is 0 Å². The molecule has 2 amide bonds. The molecule has 2 aromatic rings. The van der Waals surface area contributed by atoms with Gasteiger partial charge in [0.2, 0.25) is 0 Å². The smallest absolute Gasteiger partial charge is 0.387 e. The number of nitrogens with one attached hydrogen (secondary N) is 2.